The van der Waals surface area contributed by atoms with Gasteiger partial charge < -0.3 is 19.7 Å². The van der Waals surface area contributed by atoms with Crippen molar-refractivity contribution in [3.05, 3.63) is 48.0 Å². The van der Waals surface area contributed by atoms with Crippen LogP contribution in [0.4, 0.5) is 11.4 Å². The Kier molecular flexibility index (Phi) is 5.41. The van der Waals surface area contributed by atoms with Crippen LogP contribution >= 0.6 is 0 Å². The van der Waals surface area contributed by atoms with Crippen LogP contribution in [0, 0.1) is 0 Å². The number of rotatable bonds is 5. The molecule has 1 saturated heterocycles. The van der Waals surface area contributed by atoms with E-state index in [0.29, 0.717) is 35.7 Å². The van der Waals surface area contributed by atoms with Gasteiger partial charge in [0.2, 0.25) is 5.91 Å². The van der Waals surface area contributed by atoms with Gasteiger partial charge in [-0.25, -0.2) is 0 Å². The quantitative estimate of drug-likeness (QED) is 0.893. The molecule has 0 unspecified atom stereocenters. The van der Waals surface area contributed by atoms with Gasteiger partial charge >= 0.3 is 0 Å². The van der Waals surface area contributed by atoms with Gasteiger partial charge in [-0.05, 0) is 43.2 Å². The van der Waals surface area contributed by atoms with Gasteiger partial charge in [0.05, 0.1) is 14.2 Å². The molecule has 1 heterocycles. The maximum Gasteiger partial charge on any atom is 0.263 e. The highest BCUT2D eigenvalue weighted by atomic mass is 16.5. The minimum atomic E-state index is -0.332. The van der Waals surface area contributed by atoms with E-state index in [1.165, 1.54) is 14.2 Å². The van der Waals surface area contributed by atoms with Crippen molar-refractivity contribution in [2.75, 3.05) is 31.0 Å². The molecule has 2 aromatic carbocycles. The van der Waals surface area contributed by atoms with Crippen molar-refractivity contribution in [3.8, 4) is 11.5 Å². The van der Waals surface area contributed by atoms with Crippen LogP contribution in [0.1, 0.15) is 29.6 Å². The number of carbonyl (C=O) groups excluding carboxylic acids is 2. The van der Waals surface area contributed by atoms with Gasteiger partial charge in [0.15, 0.2) is 0 Å². The number of anilines is 2. The Morgan fingerprint density at radius 2 is 1.73 bits per heavy atom. The molecule has 26 heavy (non-hydrogen) atoms. The first kappa shape index (κ1) is 17.8. The van der Waals surface area contributed by atoms with E-state index >= 15 is 0 Å². The summed E-state index contributed by atoms with van der Waals surface area (Å²) in [6, 6.07) is 12.5. The summed E-state index contributed by atoms with van der Waals surface area (Å²) in [5.74, 6) is 0.654. The number of piperidine rings is 1. The molecule has 0 aliphatic carbocycles. The second-order valence-corrected chi connectivity index (χ2v) is 6.04. The van der Waals surface area contributed by atoms with E-state index in [-0.39, 0.29) is 11.8 Å². The van der Waals surface area contributed by atoms with Gasteiger partial charge in [0, 0.05) is 24.3 Å². The molecular formula is C20H22N2O4. The standard InChI is InChI=1S/C20H22N2O4/c1-25-16-9-6-10-17(26-2)19(16)20(24)21-14-7-5-8-15(13-14)22-12-4-3-11-18(22)23/h5-10,13H,3-4,11-12H2,1-2H3,(H,21,24). The largest absolute Gasteiger partial charge is 0.496 e. The molecule has 0 atom stereocenters. The first-order valence-corrected chi connectivity index (χ1v) is 8.57. The number of hydrogen-bond acceptors (Lipinski definition) is 4. The van der Waals surface area contributed by atoms with Gasteiger partial charge in [-0.3, -0.25) is 9.59 Å². The summed E-state index contributed by atoms with van der Waals surface area (Å²) in [5.41, 5.74) is 1.73. The molecule has 1 fully saturated rings. The second kappa shape index (κ2) is 7.91. The lowest BCUT2D eigenvalue weighted by Gasteiger charge is -2.27. The van der Waals surface area contributed by atoms with Gasteiger partial charge in [-0.1, -0.05) is 12.1 Å². The van der Waals surface area contributed by atoms with E-state index in [4.69, 9.17) is 9.47 Å². The van der Waals surface area contributed by atoms with Crippen LogP contribution < -0.4 is 19.7 Å². The van der Waals surface area contributed by atoms with Crippen LogP contribution in [0.15, 0.2) is 42.5 Å². The van der Waals surface area contributed by atoms with Crippen molar-refractivity contribution >= 4 is 23.2 Å². The lowest BCUT2D eigenvalue weighted by molar-refractivity contribution is -0.119. The number of nitrogens with one attached hydrogen (secondary N) is 1. The summed E-state index contributed by atoms with van der Waals surface area (Å²) < 4.78 is 10.6. The van der Waals surface area contributed by atoms with Crippen LogP contribution in [0.3, 0.4) is 0 Å². The Morgan fingerprint density at radius 1 is 1.04 bits per heavy atom. The number of carbonyl (C=O) groups is 2. The molecule has 6 nitrogen and oxygen atoms in total. The van der Waals surface area contributed by atoms with Gasteiger partial charge in [0.1, 0.15) is 17.1 Å². The summed E-state index contributed by atoms with van der Waals surface area (Å²) >= 11 is 0. The number of benzene rings is 2. The van der Waals surface area contributed by atoms with Crippen molar-refractivity contribution in [2.24, 2.45) is 0 Å². The molecule has 0 spiro atoms. The molecule has 0 saturated carbocycles. The van der Waals surface area contributed by atoms with E-state index in [1.807, 2.05) is 18.2 Å². The highest BCUT2D eigenvalue weighted by Crippen LogP contribution is 2.30. The first-order chi connectivity index (χ1) is 12.6. The fourth-order valence-corrected chi connectivity index (χ4v) is 3.10. The van der Waals surface area contributed by atoms with E-state index in [1.54, 1.807) is 29.2 Å². The maximum absolute atomic E-state index is 12.8. The van der Waals surface area contributed by atoms with Gasteiger partial charge in [0.25, 0.3) is 5.91 Å². The highest BCUT2D eigenvalue weighted by molar-refractivity contribution is 6.08. The van der Waals surface area contributed by atoms with Crippen molar-refractivity contribution in [2.45, 2.75) is 19.3 Å². The number of hydrogen-bond donors (Lipinski definition) is 1. The fraction of sp³-hybridized carbons (Fsp3) is 0.300. The normalized spacial score (nSPS) is 14.1. The third kappa shape index (κ3) is 3.64. The summed E-state index contributed by atoms with van der Waals surface area (Å²) in [6.45, 7) is 0.705. The van der Waals surface area contributed by atoms with Crippen LogP contribution in [-0.4, -0.2) is 32.6 Å². The average molecular weight is 354 g/mol. The second-order valence-electron chi connectivity index (χ2n) is 6.04. The molecule has 2 aromatic rings. The minimum Gasteiger partial charge on any atom is -0.496 e. The third-order valence-corrected chi connectivity index (χ3v) is 4.39. The van der Waals surface area contributed by atoms with Crippen LogP contribution in [0.25, 0.3) is 0 Å². The first-order valence-electron chi connectivity index (χ1n) is 8.57. The van der Waals surface area contributed by atoms with E-state index in [2.05, 4.69) is 5.32 Å². The average Bonchev–Trinajstić information content (AvgIpc) is 2.67. The molecule has 1 aliphatic rings. The Bertz CT molecular complexity index is 797. The summed E-state index contributed by atoms with van der Waals surface area (Å²) in [5, 5.41) is 2.87. The van der Waals surface area contributed by atoms with Crippen LogP contribution in [0.5, 0.6) is 11.5 Å². The zero-order chi connectivity index (χ0) is 18.5. The Morgan fingerprint density at radius 3 is 2.38 bits per heavy atom. The van der Waals surface area contributed by atoms with Crippen molar-refractivity contribution in [1.29, 1.82) is 0 Å². The molecule has 0 aromatic heterocycles. The fourth-order valence-electron chi connectivity index (χ4n) is 3.10. The lowest BCUT2D eigenvalue weighted by atomic mass is 10.1. The van der Waals surface area contributed by atoms with Crippen LogP contribution in [0.2, 0.25) is 0 Å². The molecule has 3 rings (SSSR count). The Hall–Kier alpha value is -3.02. The predicted molar refractivity (Wildman–Crippen MR) is 100 cm³/mol. The zero-order valence-electron chi connectivity index (χ0n) is 15.0. The molecule has 2 amide bonds. The Labute approximate surface area is 152 Å². The molecule has 1 N–H and O–H groups in total. The zero-order valence-corrected chi connectivity index (χ0v) is 15.0. The number of amides is 2. The van der Waals surface area contributed by atoms with Crippen molar-refractivity contribution in [1.82, 2.24) is 0 Å². The number of ether oxygens (including phenoxy) is 2. The SMILES string of the molecule is COc1cccc(OC)c1C(=O)Nc1cccc(N2CCCCC2=O)c1. The van der Waals surface area contributed by atoms with Crippen LogP contribution in [-0.2, 0) is 4.79 Å². The molecular weight excluding hydrogens is 332 g/mol. The maximum atomic E-state index is 12.8. The van der Waals surface area contributed by atoms with Crippen molar-refractivity contribution < 1.29 is 19.1 Å². The monoisotopic (exact) mass is 354 g/mol. The summed E-state index contributed by atoms with van der Waals surface area (Å²) in [6.07, 6.45) is 2.48. The van der Waals surface area contributed by atoms with E-state index in [0.717, 1.165) is 18.5 Å². The summed E-state index contributed by atoms with van der Waals surface area (Å²) in [4.78, 5) is 26.7. The molecule has 6 heteroatoms. The van der Waals surface area contributed by atoms with Gasteiger partial charge in [-0.15, -0.1) is 0 Å². The Balaban J connectivity index is 1.85. The number of methoxy groups -OCH3 is 2. The smallest absolute Gasteiger partial charge is 0.263 e. The molecule has 0 bridgehead atoms. The lowest BCUT2D eigenvalue weighted by Crippen LogP contribution is -2.35. The number of nitrogens with zero attached hydrogens (tertiary/aromatic N) is 1. The molecule has 136 valence electrons. The van der Waals surface area contributed by atoms with E-state index < -0.39 is 0 Å². The molecule has 0 radical (unpaired) electrons. The summed E-state index contributed by atoms with van der Waals surface area (Å²) in [7, 11) is 3.02. The van der Waals surface area contributed by atoms with E-state index in [9.17, 15) is 9.59 Å². The van der Waals surface area contributed by atoms with Crippen molar-refractivity contribution in [3.63, 3.8) is 0 Å². The topological polar surface area (TPSA) is 67.9 Å². The third-order valence-electron chi connectivity index (χ3n) is 4.39. The predicted octanol–water partition coefficient (Wildman–Crippen LogP) is 3.47. The van der Waals surface area contributed by atoms with Gasteiger partial charge in [-0.2, -0.15) is 0 Å². The molecule has 1 aliphatic heterocycles. The highest BCUT2D eigenvalue weighted by Gasteiger charge is 2.21. The minimum absolute atomic E-state index is 0.117.